The van der Waals surface area contributed by atoms with Gasteiger partial charge in [-0.25, -0.2) is 0 Å². The molecule has 0 aromatic rings. The summed E-state index contributed by atoms with van der Waals surface area (Å²) in [5.41, 5.74) is 7.54. The van der Waals surface area contributed by atoms with Crippen molar-refractivity contribution in [2.45, 2.75) is 52.5 Å². The molecule has 3 unspecified atom stereocenters. The van der Waals surface area contributed by atoms with Gasteiger partial charge in [0.2, 0.25) is 0 Å². The Labute approximate surface area is 82.4 Å². The Morgan fingerprint density at radius 1 is 1.62 bits per heavy atom. The Morgan fingerprint density at radius 3 is 2.85 bits per heavy atom. The van der Waals surface area contributed by atoms with Gasteiger partial charge in [0.15, 0.2) is 0 Å². The first-order chi connectivity index (χ1) is 6.13. The van der Waals surface area contributed by atoms with Gasteiger partial charge >= 0.3 is 0 Å². The molecule has 2 N–H and O–H groups in total. The lowest BCUT2D eigenvalue weighted by Gasteiger charge is -2.28. The van der Waals surface area contributed by atoms with Gasteiger partial charge in [0.05, 0.1) is 0 Å². The number of hydrogen-bond donors (Lipinski definition) is 1. The SMILES string of the molecule is CCC(N)CC1CCC(C)=CC1C. The zero-order chi connectivity index (χ0) is 9.84. The van der Waals surface area contributed by atoms with Crippen molar-refractivity contribution >= 4 is 0 Å². The molecule has 0 saturated carbocycles. The third kappa shape index (κ3) is 3.15. The third-order valence-corrected chi connectivity index (χ3v) is 3.33. The lowest BCUT2D eigenvalue weighted by atomic mass is 9.78. The minimum atomic E-state index is 0.416. The highest BCUT2D eigenvalue weighted by Gasteiger charge is 2.21. The van der Waals surface area contributed by atoms with Crippen LogP contribution < -0.4 is 5.73 Å². The quantitative estimate of drug-likeness (QED) is 0.665. The summed E-state index contributed by atoms with van der Waals surface area (Å²) in [6.07, 6.45) is 7.38. The molecule has 0 bridgehead atoms. The molecule has 0 saturated heterocycles. The molecule has 1 aliphatic rings. The monoisotopic (exact) mass is 181 g/mol. The van der Waals surface area contributed by atoms with Crippen LogP contribution in [0.2, 0.25) is 0 Å². The molecule has 1 heteroatoms. The van der Waals surface area contributed by atoms with Crippen molar-refractivity contribution in [3.63, 3.8) is 0 Å². The molecule has 0 aromatic heterocycles. The van der Waals surface area contributed by atoms with Crippen LogP contribution >= 0.6 is 0 Å². The number of allylic oxidation sites excluding steroid dienone is 2. The molecule has 0 heterocycles. The summed E-state index contributed by atoms with van der Waals surface area (Å²) in [7, 11) is 0. The van der Waals surface area contributed by atoms with Crippen molar-refractivity contribution in [1.29, 1.82) is 0 Å². The molecule has 13 heavy (non-hydrogen) atoms. The van der Waals surface area contributed by atoms with Gasteiger partial charge in [0, 0.05) is 6.04 Å². The molecule has 0 aliphatic heterocycles. The molecule has 1 rings (SSSR count). The van der Waals surface area contributed by atoms with Crippen LogP contribution in [0.25, 0.3) is 0 Å². The fourth-order valence-electron chi connectivity index (χ4n) is 2.23. The topological polar surface area (TPSA) is 26.0 Å². The van der Waals surface area contributed by atoms with E-state index in [0.717, 1.165) is 18.3 Å². The van der Waals surface area contributed by atoms with Gasteiger partial charge in [-0.3, -0.25) is 0 Å². The largest absolute Gasteiger partial charge is 0.328 e. The van der Waals surface area contributed by atoms with E-state index in [1.807, 2.05) is 0 Å². The highest BCUT2D eigenvalue weighted by Crippen LogP contribution is 2.31. The van der Waals surface area contributed by atoms with Gasteiger partial charge in [-0.2, -0.15) is 0 Å². The molecule has 0 aromatic carbocycles. The first-order valence-corrected chi connectivity index (χ1v) is 5.56. The minimum absolute atomic E-state index is 0.416. The van der Waals surface area contributed by atoms with Crippen molar-refractivity contribution < 1.29 is 0 Å². The van der Waals surface area contributed by atoms with Crippen molar-refractivity contribution in [3.05, 3.63) is 11.6 Å². The zero-order valence-corrected chi connectivity index (χ0v) is 9.22. The van der Waals surface area contributed by atoms with Gasteiger partial charge in [-0.15, -0.1) is 0 Å². The standard InChI is InChI=1S/C12H23N/c1-4-12(13)8-11-6-5-9(2)7-10(11)3/h7,10-12H,4-6,8,13H2,1-3H3. The number of hydrogen-bond acceptors (Lipinski definition) is 1. The lowest BCUT2D eigenvalue weighted by molar-refractivity contribution is 0.319. The maximum absolute atomic E-state index is 5.98. The van der Waals surface area contributed by atoms with Crippen LogP contribution in [0.15, 0.2) is 11.6 Å². The van der Waals surface area contributed by atoms with Gasteiger partial charge in [-0.1, -0.05) is 25.5 Å². The Bertz CT molecular complexity index is 184. The average Bonchev–Trinajstić information content (AvgIpc) is 2.09. The molecule has 76 valence electrons. The summed E-state index contributed by atoms with van der Waals surface area (Å²) in [5, 5.41) is 0. The predicted molar refractivity (Wildman–Crippen MR) is 58.5 cm³/mol. The Kier molecular flexibility index (Phi) is 3.98. The summed E-state index contributed by atoms with van der Waals surface area (Å²) in [6, 6.07) is 0.416. The normalized spacial score (nSPS) is 31.2. The summed E-state index contributed by atoms with van der Waals surface area (Å²) in [4.78, 5) is 0. The second kappa shape index (κ2) is 4.80. The van der Waals surface area contributed by atoms with E-state index < -0.39 is 0 Å². The predicted octanol–water partition coefficient (Wildman–Crippen LogP) is 3.11. The molecule has 0 amide bonds. The Balaban J connectivity index is 2.44. The van der Waals surface area contributed by atoms with E-state index in [9.17, 15) is 0 Å². The fraction of sp³-hybridized carbons (Fsp3) is 0.833. The number of rotatable bonds is 3. The van der Waals surface area contributed by atoms with E-state index in [0.29, 0.717) is 6.04 Å². The highest BCUT2D eigenvalue weighted by atomic mass is 14.6. The van der Waals surface area contributed by atoms with E-state index in [1.54, 1.807) is 5.57 Å². The molecule has 3 atom stereocenters. The molecule has 0 radical (unpaired) electrons. The van der Waals surface area contributed by atoms with Crippen LogP contribution in [0.5, 0.6) is 0 Å². The van der Waals surface area contributed by atoms with Gasteiger partial charge < -0.3 is 5.73 Å². The van der Waals surface area contributed by atoms with Gasteiger partial charge in [0.25, 0.3) is 0 Å². The Hall–Kier alpha value is -0.300. The number of nitrogens with two attached hydrogens (primary N) is 1. The molecule has 0 spiro atoms. The van der Waals surface area contributed by atoms with Crippen LogP contribution in [0, 0.1) is 11.8 Å². The highest BCUT2D eigenvalue weighted by molar-refractivity contribution is 5.06. The van der Waals surface area contributed by atoms with Gasteiger partial charge in [-0.05, 0) is 44.4 Å². The second-order valence-corrected chi connectivity index (χ2v) is 4.57. The van der Waals surface area contributed by atoms with E-state index in [2.05, 4.69) is 26.8 Å². The van der Waals surface area contributed by atoms with Crippen molar-refractivity contribution in [2.75, 3.05) is 0 Å². The molecular formula is C12H23N. The molecule has 1 aliphatic carbocycles. The molecular weight excluding hydrogens is 158 g/mol. The Morgan fingerprint density at radius 2 is 2.31 bits per heavy atom. The lowest BCUT2D eigenvalue weighted by Crippen LogP contribution is -2.26. The van der Waals surface area contributed by atoms with Crippen LogP contribution in [-0.4, -0.2) is 6.04 Å². The third-order valence-electron chi connectivity index (χ3n) is 3.33. The van der Waals surface area contributed by atoms with Crippen LogP contribution in [0.3, 0.4) is 0 Å². The van der Waals surface area contributed by atoms with E-state index in [-0.39, 0.29) is 0 Å². The van der Waals surface area contributed by atoms with Crippen LogP contribution in [0.1, 0.15) is 46.5 Å². The minimum Gasteiger partial charge on any atom is -0.328 e. The first kappa shape index (κ1) is 10.8. The van der Waals surface area contributed by atoms with Crippen LogP contribution in [0.4, 0.5) is 0 Å². The van der Waals surface area contributed by atoms with E-state index in [1.165, 1.54) is 19.3 Å². The van der Waals surface area contributed by atoms with E-state index >= 15 is 0 Å². The fourth-order valence-corrected chi connectivity index (χ4v) is 2.23. The first-order valence-electron chi connectivity index (χ1n) is 5.56. The van der Waals surface area contributed by atoms with Crippen molar-refractivity contribution in [1.82, 2.24) is 0 Å². The molecule has 0 fully saturated rings. The summed E-state index contributed by atoms with van der Waals surface area (Å²) >= 11 is 0. The van der Waals surface area contributed by atoms with Gasteiger partial charge in [0.1, 0.15) is 0 Å². The van der Waals surface area contributed by atoms with Crippen molar-refractivity contribution in [2.24, 2.45) is 17.6 Å². The summed E-state index contributed by atoms with van der Waals surface area (Å²) in [5.74, 6) is 1.57. The summed E-state index contributed by atoms with van der Waals surface area (Å²) in [6.45, 7) is 6.75. The van der Waals surface area contributed by atoms with Crippen LogP contribution in [-0.2, 0) is 0 Å². The summed E-state index contributed by atoms with van der Waals surface area (Å²) < 4.78 is 0. The smallest absolute Gasteiger partial charge is 0.00390 e. The second-order valence-electron chi connectivity index (χ2n) is 4.57. The average molecular weight is 181 g/mol. The maximum atomic E-state index is 5.98. The van der Waals surface area contributed by atoms with Crippen molar-refractivity contribution in [3.8, 4) is 0 Å². The molecule has 1 nitrogen and oxygen atoms in total. The zero-order valence-electron chi connectivity index (χ0n) is 9.22. The van der Waals surface area contributed by atoms with E-state index in [4.69, 9.17) is 5.73 Å². The maximum Gasteiger partial charge on any atom is 0.00390 e.